The third kappa shape index (κ3) is 4.30. The molecule has 2 heterocycles. The van der Waals surface area contributed by atoms with Gasteiger partial charge >= 0.3 is 0 Å². The summed E-state index contributed by atoms with van der Waals surface area (Å²) in [6, 6.07) is 0. The molecule has 0 aliphatic carbocycles. The molecule has 2 aliphatic rings. The number of piperidine rings is 1. The van der Waals surface area contributed by atoms with E-state index >= 15 is 0 Å². The van der Waals surface area contributed by atoms with Gasteiger partial charge in [-0.05, 0) is 12.8 Å². The summed E-state index contributed by atoms with van der Waals surface area (Å²) in [5, 5.41) is 3.21. The summed E-state index contributed by atoms with van der Waals surface area (Å²) < 4.78 is 24.5. The molecule has 0 aromatic heterocycles. The van der Waals surface area contributed by atoms with Crippen LogP contribution in [-0.4, -0.2) is 69.1 Å². The Balaban J connectivity index is 0.00000180. The molecule has 2 aliphatic heterocycles. The molecule has 112 valence electrons. The molecule has 2 fully saturated rings. The van der Waals surface area contributed by atoms with Gasteiger partial charge in [-0.3, -0.25) is 4.79 Å². The van der Waals surface area contributed by atoms with E-state index in [9.17, 15) is 13.2 Å². The second-order valence-corrected chi connectivity index (χ2v) is 7.02. The van der Waals surface area contributed by atoms with Crippen molar-refractivity contribution in [2.45, 2.75) is 12.8 Å². The maximum absolute atomic E-state index is 12.3. The second kappa shape index (κ2) is 6.88. The highest BCUT2D eigenvalue weighted by Gasteiger charge is 2.32. The summed E-state index contributed by atoms with van der Waals surface area (Å²) in [7, 11) is -3.17. The first-order chi connectivity index (χ1) is 8.48. The molecule has 2 rings (SSSR count). The Hall–Kier alpha value is -0.370. The molecule has 0 saturated carbocycles. The van der Waals surface area contributed by atoms with Gasteiger partial charge in [0, 0.05) is 39.3 Å². The zero-order chi connectivity index (χ0) is 13.2. The van der Waals surface area contributed by atoms with Gasteiger partial charge in [-0.15, -0.1) is 12.4 Å². The van der Waals surface area contributed by atoms with E-state index in [1.54, 1.807) is 0 Å². The number of sulfonamides is 1. The summed E-state index contributed by atoms with van der Waals surface area (Å²) in [5.74, 6) is -0.0450. The third-order valence-electron chi connectivity index (χ3n) is 3.63. The molecule has 1 atom stereocenters. The number of hydrogen-bond donors (Lipinski definition) is 1. The van der Waals surface area contributed by atoms with E-state index in [4.69, 9.17) is 0 Å². The number of rotatable bonds is 2. The summed E-state index contributed by atoms with van der Waals surface area (Å²) in [6.45, 7) is 4.01. The van der Waals surface area contributed by atoms with Gasteiger partial charge in [0.2, 0.25) is 15.9 Å². The number of amides is 1. The van der Waals surface area contributed by atoms with Gasteiger partial charge in [-0.1, -0.05) is 0 Å². The minimum Gasteiger partial charge on any atom is -0.340 e. The fraction of sp³-hybridized carbons (Fsp3) is 0.909. The average molecular weight is 312 g/mol. The highest BCUT2D eigenvalue weighted by molar-refractivity contribution is 7.88. The van der Waals surface area contributed by atoms with E-state index < -0.39 is 10.0 Å². The maximum atomic E-state index is 12.3. The smallest absolute Gasteiger partial charge is 0.227 e. The predicted molar refractivity (Wildman–Crippen MR) is 75.8 cm³/mol. The first-order valence-corrected chi connectivity index (χ1v) is 8.28. The summed E-state index contributed by atoms with van der Waals surface area (Å²) in [4.78, 5) is 14.2. The fourth-order valence-electron chi connectivity index (χ4n) is 2.59. The third-order valence-corrected chi connectivity index (χ3v) is 4.90. The molecule has 0 bridgehead atoms. The molecule has 8 heteroatoms. The van der Waals surface area contributed by atoms with Crippen LogP contribution in [-0.2, 0) is 14.8 Å². The minimum absolute atomic E-state index is 0. The minimum atomic E-state index is -3.17. The van der Waals surface area contributed by atoms with Crippen LogP contribution in [0.5, 0.6) is 0 Å². The first kappa shape index (κ1) is 16.7. The number of hydrogen-bond acceptors (Lipinski definition) is 4. The van der Waals surface area contributed by atoms with Gasteiger partial charge in [0.1, 0.15) is 0 Å². The zero-order valence-electron chi connectivity index (χ0n) is 11.2. The topological polar surface area (TPSA) is 69.7 Å². The normalized spacial score (nSPS) is 25.7. The Morgan fingerprint density at radius 3 is 2.42 bits per heavy atom. The first-order valence-electron chi connectivity index (χ1n) is 6.43. The van der Waals surface area contributed by atoms with Crippen LogP contribution in [0.3, 0.4) is 0 Å². The van der Waals surface area contributed by atoms with E-state index in [-0.39, 0.29) is 24.2 Å². The van der Waals surface area contributed by atoms with Gasteiger partial charge in [-0.25, -0.2) is 12.7 Å². The van der Waals surface area contributed by atoms with Crippen molar-refractivity contribution >= 4 is 28.3 Å². The van der Waals surface area contributed by atoms with E-state index in [0.717, 1.165) is 39.0 Å². The van der Waals surface area contributed by atoms with Crippen molar-refractivity contribution in [3.63, 3.8) is 0 Å². The Bertz CT molecular complexity index is 409. The highest BCUT2D eigenvalue weighted by Crippen LogP contribution is 2.20. The highest BCUT2D eigenvalue weighted by atomic mass is 35.5. The van der Waals surface area contributed by atoms with Crippen LogP contribution >= 0.6 is 12.4 Å². The molecule has 0 radical (unpaired) electrons. The number of piperazine rings is 1. The molecule has 1 unspecified atom stereocenters. The maximum Gasteiger partial charge on any atom is 0.227 e. The van der Waals surface area contributed by atoms with Crippen molar-refractivity contribution in [3.8, 4) is 0 Å². The Labute approximate surface area is 121 Å². The Kier molecular flexibility index (Phi) is 6.04. The Morgan fingerprint density at radius 1 is 1.21 bits per heavy atom. The lowest BCUT2D eigenvalue weighted by molar-refractivity contribution is -0.137. The van der Waals surface area contributed by atoms with Crippen molar-refractivity contribution in [3.05, 3.63) is 0 Å². The predicted octanol–water partition coefficient (Wildman–Crippen LogP) is -0.488. The van der Waals surface area contributed by atoms with E-state index in [1.165, 1.54) is 10.6 Å². The standard InChI is InChI=1S/C11H21N3O3S.ClH/c1-18(16,17)14-6-2-3-10(9-14)11(15)13-7-4-12-5-8-13;/h10,12H,2-9H2,1H3;1H. The van der Waals surface area contributed by atoms with E-state index in [2.05, 4.69) is 5.32 Å². The van der Waals surface area contributed by atoms with Crippen molar-refractivity contribution in [1.29, 1.82) is 0 Å². The largest absolute Gasteiger partial charge is 0.340 e. The number of nitrogens with zero attached hydrogens (tertiary/aromatic N) is 2. The molecule has 2 saturated heterocycles. The molecular formula is C11H22ClN3O3S. The molecule has 19 heavy (non-hydrogen) atoms. The summed E-state index contributed by atoms with van der Waals surface area (Å²) in [5.41, 5.74) is 0. The molecular weight excluding hydrogens is 290 g/mol. The zero-order valence-corrected chi connectivity index (χ0v) is 12.8. The van der Waals surface area contributed by atoms with Crippen molar-refractivity contribution < 1.29 is 13.2 Å². The SMILES string of the molecule is CS(=O)(=O)N1CCCC(C(=O)N2CCNCC2)C1.Cl. The van der Waals surface area contributed by atoms with Crippen LogP contribution in [0.2, 0.25) is 0 Å². The van der Waals surface area contributed by atoms with Gasteiger partial charge in [-0.2, -0.15) is 0 Å². The molecule has 6 nitrogen and oxygen atoms in total. The van der Waals surface area contributed by atoms with Crippen LogP contribution < -0.4 is 5.32 Å². The summed E-state index contributed by atoms with van der Waals surface area (Å²) >= 11 is 0. The number of halogens is 1. The lowest BCUT2D eigenvalue weighted by Gasteiger charge is -2.35. The molecule has 0 spiro atoms. The Morgan fingerprint density at radius 2 is 1.84 bits per heavy atom. The lowest BCUT2D eigenvalue weighted by Crippen LogP contribution is -2.51. The van der Waals surface area contributed by atoms with Crippen LogP contribution in [0, 0.1) is 5.92 Å². The van der Waals surface area contributed by atoms with Crippen LogP contribution in [0.25, 0.3) is 0 Å². The molecule has 0 aromatic carbocycles. The quantitative estimate of drug-likeness (QED) is 0.747. The second-order valence-electron chi connectivity index (χ2n) is 5.04. The van der Waals surface area contributed by atoms with Crippen molar-refractivity contribution in [2.75, 3.05) is 45.5 Å². The number of carbonyl (C=O) groups excluding carboxylic acids is 1. The van der Waals surface area contributed by atoms with Gasteiger partial charge in [0.25, 0.3) is 0 Å². The molecule has 1 N–H and O–H groups in total. The number of nitrogens with one attached hydrogen (secondary N) is 1. The van der Waals surface area contributed by atoms with Crippen LogP contribution in [0.1, 0.15) is 12.8 Å². The molecule has 0 aromatic rings. The van der Waals surface area contributed by atoms with Crippen LogP contribution in [0.15, 0.2) is 0 Å². The van der Waals surface area contributed by atoms with Gasteiger partial charge < -0.3 is 10.2 Å². The fourth-order valence-corrected chi connectivity index (χ4v) is 3.50. The lowest BCUT2D eigenvalue weighted by atomic mass is 9.98. The van der Waals surface area contributed by atoms with Crippen LogP contribution in [0.4, 0.5) is 0 Å². The van der Waals surface area contributed by atoms with E-state index in [0.29, 0.717) is 13.1 Å². The molecule has 1 amide bonds. The van der Waals surface area contributed by atoms with Crippen molar-refractivity contribution in [1.82, 2.24) is 14.5 Å². The average Bonchev–Trinajstić information content (AvgIpc) is 2.38. The summed E-state index contributed by atoms with van der Waals surface area (Å²) in [6.07, 6.45) is 2.79. The number of carbonyl (C=O) groups is 1. The van der Waals surface area contributed by atoms with E-state index in [1.807, 2.05) is 4.90 Å². The van der Waals surface area contributed by atoms with Gasteiger partial charge in [0.05, 0.1) is 12.2 Å². The van der Waals surface area contributed by atoms with Crippen molar-refractivity contribution in [2.24, 2.45) is 5.92 Å². The van der Waals surface area contributed by atoms with Gasteiger partial charge in [0.15, 0.2) is 0 Å². The monoisotopic (exact) mass is 311 g/mol.